The number of nitrogens with zero attached hydrogens (tertiary/aromatic N) is 2. The van der Waals surface area contributed by atoms with Crippen molar-refractivity contribution in [2.75, 3.05) is 26.0 Å². The van der Waals surface area contributed by atoms with Crippen LogP contribution in [0.5, 0.6) is 0 Å². The Morgan fingerprint density at radius 3 is 2.69 bits per heavy atom. The minimum Gasteiger partial charge on any atom is -0.350 e. The van der Waals surface area contributed by atoms with E-state index in [1.165, 1.54) is 25.0 Å². The molecule has 1 aliphatic rings. The fraction of sp³-hybridized carbons (Fsp3) is 0.400. The molecule has 0 bridgehead atoms. The first-order valence-corrected chi connectivity index (χ1v) is 8.93. The molecule has 1 fully saturated rings. The third-order valence-corrected chi connectivity index (χ3v) is 5.20. The molecule has 6 heteroatoms. The molecule has 0 spiro atoms. The SMILES string of the molecule is CN(C)C1(CNC(=O)c2cccnc2Nc2cccc(F)c2)CCCC1. The van der Waals surface area contributed by atoms with E-state index >= 15 is 0 Å². The summed E-state index contributed by atoms with van der Waals surface area (Å²) in [6.07, 6.45) is 6.15. The second kappa shape index (κ2) is 7.83. The number of amides is 1. The van der Waals surface area contributed by atoms with Crippen molar-refractivity contribution < 1.29 is 9.18 Å². The van der Waals surface area contributed by atoms with E-state index in [9.17, 15) is 9.18 Å². The lowest BCUT2D eigenvalue weighted by atomic mass is 9.96. The van der Waals surface area contributed by atoms with Gasteiger partial charge in [-0.2, -0.15) is 0 Å². The van der Waals surface area contributed by atoms with Crippen LogP contribution in [0.2, 0.25) is 0 Å². The lowest BCUT2D eigenvalue weighted by Gasteiger charge is -2.36. The quantitative estimate of drug-likeness (QED) is 0.831. The Bertz CT molecular complexity index is 772. The first kappa shape index (κ1) is 18.3. The van der Waals surface area contributed by atoms with E-state index in [4.69, 9.17) is 0 Å². The number of anilines is 2. The maximum Gasteiger partial charge on any atom is 0.255 e. The highest BCUT2D eigenvalue weighted by Gasteiger charge is 2.36. The summed E-state index contributed by atoms with van der Waals surface area (Å²) >= 11 is 0. The summed E-state index contributed by atoms with van der Waals surface area (Å²) in [5.74, 6) is -0.0999. The number of hydrogen-bond donors (Lipinski definition) is 2. The van der Waals surface area contributed by atoms with Crippen molar-refractivity contribution in [2.45, 2.75) is 31.2 Å². The monoisotopic (exact) mass is 356 g/mol. The molecular weight excluding hydrogens is 331 g/mol. The fourth-order valence-corrected chi connectivity index (χ4v) is 3.55. The molecule has 0 radical (unpaired) electrons. The number of halogens is 1. The molecule has 3 rings (SSSR count). The van der Waals surface area contributed by atoms with Crippen molar-refractivity contribution in [2.24, 2.45) is 0 Å². The molecule has 0 saturated heterocycles. The number of carbonyl (C=O) groups excluding carboxylic acids is 1. The Morgan fingerprint density at radius 2 is 2.00 bits per heavy atom. The number of hydrogen-bond acceptors (Lipinski definition) is 4. The highest BCUT2D eigenvalue weighted by molar-refractivity contribution is 5.99. The summed E-state index contributed by atoms with van der Waals surface area (Å²) in [6, 6.07) is 9.54. The van der Waals surface area contributed by atoms with Crippen molar-refractivity contribution >= 4 is 17.4 Å². The molecule has 0 unspecified atom stereocenters. The predicted octanol–water partition coefficient (Wildman–Crippen LogP) is 3.57. The second-order valence-corrected chi connectivity index (χ2v) is 7.04. The van der Waals surface area contributed by atoms with Gasteiger partial charge < -0.3 is 15.5 Å². The summed E-state index contributed by atoms with van der Waals surface area (Å²) in [6.45, 7) is 0.604. The lowest BCUT2D eigenvalue weighted by Crippen LogP contribution is -2.50. The molecule has 1 aromatic heterocycles. The zero-order chi connectivity index (χ0) is 18.6. The van der Waals surface area contributed by atoms with Gasteiger partial charge in [-0.15, -0.1) is 0 Å². The highest BCUT2D eigenvalue weighted by atomic mass is 19.1. The van der Waals surface area contributed by atoms with Gasteiger partial charge in [0.25, 0.3) is 5.91 Å². The Labute approximate surface area is 153 Å². The molecule has 1 heterocycles. The Hall–Kier alpha value is -2.47. The van der Waals surface area contributed by atoms with Crippen LogP contribution in [0.1, 0.15) is 36.0 Å². The van der Waals surface area contributed by atoms with E-state index in [1.54, 1.807) is 30.5 Å². The molecule has 1 saturated carbocycles. The number of carbonyl (C=O) groups is 1. The lowest BCUT2D eigenvalue weighted by molar-refractivity contribution is 0.0900. The second-order valence-electron chi connectivity index (χ2n) is 7.04. The smallest absolute Gasteiger partial charge is 0.255 e. The average molecular weight is 356 g/mol. The van der Waals surface area contributed by atoms with Crippen LogP contribution < -0.4 is 10.6 Å². The van der Waals surface area contributed by atoms with E-state index in [-0.39, 0.29) is 17.3 Å². The Kier molecular flexibility index (Phi) is 5.52. The number of likely N-dealkylation sites (N-methyl/N-ethyl adjacent to an activating group) is 1. The summed E-state index contributed by atoms with van der Waals surface area (Å²) < 4.78 is 13.4. The van der Waals surface area contributed by atoms with Crippen LogP contribution in [0, 0.1) is 5.82 Å². The van der Waals surface area contributed by atoms with Gasteiger partial charge in [0, 0.05) is 24.0 Å². The summed E-state index contributed by atoms with van der Waals surface area (Å²) in [7, 11) is 4.14. The van der Waals surface area contributed by atoms with Crippen LogP contribution >= 0.6 is 0 Å². The molecule has 5 nitrogen and oxygen atoms in total. The van der Waals surface area contributed by atoms with E-state index in [1.807, 2.05) is 0 Å². The van der Waals surface area contributed by atoms with Gasteiger partial charge in [0.05, 0.1) is 5.56 Å². The van der Waals surface area contributed by atoms with Gasteiger partial charge >= 0.3 is 0 Å². The van der Waals surface area contributed by atoms with Gasteiger partial charge in [-0.3, -0.25) is 4.79 Å². The highest BCUT2D eigenvalue weighted by Crippen LogP contribution is 2.33. The maximum absolute atomic E-state index is 13.4. The number of nitrogens with one attached hydrogen (secondary N) is 2. The van der Waals surface area contributed by atoms with Crippen LogP contribution in [0.25, 0.3) is 0 Å². The molecule has 0 atom stereocenters. The molecule has 26 heavy (non-hydrogen) atoms. The van der Waals surface area contributed by atoms with E-state index < -0.39 is 0 Å². The zero-order valence-electron chi connectivity index (χ0n) is 15.3. The molecule has 2 N–H and O–H groups in total. The van der Waals surface area contributed by atoms with Gasteiger partial charge in [0.1, 0.15) is 11.6 Å². The first-order chi connectivity index (χ1) is 12.5. The predicted molar refractivity (Wildman–Crippen MR) is 101 cm³/mol. The van der Waals surface area contributed by atoms with Crippen molar-refractivity contribution in [1.82, 2.24) is 15.2 Å². The van der Waals surface area contributed by atoms with Gasteiger partial charge in [-0.1, -0.05) is 18.9 Å². The van der Waals surface area contributed by atoms with Crippen LogP contribution in [-0.2, 0) is 0 Å². The topological polar surface area (TPSA) is 57.3 Å². The Morgan fingerprint density at radius 1 is 1.23 bits per heavy atom. The molecule has 1 amide bonds. The van der Waals surface area contributed by atoms with Crippen LogP contribution in [0.4, 0.5) is 15.9 Å². The van der Waals surface area contributed by atoms with E-state index in [0.29, 0.717) is 23.6 Å². The third kappa shape index (κ3) is 4.02. The van der Waals surface area contributed by atoms with Crippen molar-refractivity contribution in [1.29, 1.82) is 0 Å². The van der Waals surface area contributed by atoms with Crippen LogP contribution in [-0.4, -0.2) is 42.0 Å². The van der Waals surface area contributed by atoms with Crippen molar-refractivity contribution in [3.05, 3.63) is 54.0 Å². The maximum atomic E-state index is 13.4. The summed E-state index contributed by atoms with van der Waals surface area (Å²) in [5, 5.41) is 6.10. The van der Waals surface area contributed by atoms with Crippen LogP contribution in [0.15, 0.2) is 42.6 Å². The van der Waals surface area contributed by atoms with Crippen molar-refractivity contribution in [3.63, 3.8) is 0 Å². The van der Waals surface area contributed by atoms with Crippen LogP contribution in [0.3, 0.4) is 0 Å². The summed E-state index contributed by atoms with van der Waals surface area (Å²) in [5.41, 5.74) is 1.02. The Balaban J connectivity index is 1.73. The first-order valence-electron chi connectivity index (χ1n) is 8.93. The molecule has 138 valence electrons. The molecule has 0 aliphatic heterocycles. The van der Waals surface area contributed by atoms with Gasteiger partial charge in [-0.25, -0.2) is 9.37 Å². The van der Waals surface area contributed by atoms with Gasteiger partial charge in [-0.05, 0) is 57.3 Å². The molecule has 1 aliphatic carbocycles. The standard InChI is InChI=1S/C20H25FN4O/c1-25(2)20(10-3-4-11-20)14-23-19(26)17-9-6-12-22-18(17)24-16-8-5-7-15(21)13-16/h5-9,12-13H,3-4,10-11,14H2,1-2H3,(H,22,24)(H,23,26). The summed E-state index contributed by atoms with van der Waals surface area (Å²) in [4.78, 5) is 19.2. The minimum atomic E-state index is -0.342. The number of rotatable bonds is 6. The number of pyridine rings is 1. The van der Waals surface area contributed by atoms with E-state index in [2.05, 4.69) is 34.6 Å². The minimum absolute atomic E-state index is 0.0218. The fourth-order valence-electron chi connectivity index (χ4n) is 3.55. The van der Waals surface area contributed by atoms with Gasteiger partial charge in [0.15, 0.2) is 0 Å². The van der Waals surface area contributed by atoms with E-state index in [0.717, 1.165) is 12.8 Å². The molecular formula is C20H25FN4O. The van der Waals surface area contributed by atoms with Crippen molar-refractivity contribution in [3.8, 4) is 0 Å². The molecule has 1 aromatic carbocycles. The third-order valence-electron chi connectivity index (χ3n) is 5.20. The average Bonchev–Trinajstić information content (AvgIpc) is 3.11. The number of aromatic nitrogens is 1. The molecule has 2 aromatic rings. The largest absolute Gasteiger partial charge is 0.350 e. The van der Waals surface area contributed by atoms with Gasteiger partial charge in [0.2, 0.25) is 0 Å². The zero-order valence-corrected chi connectivity index (χ0v) is 15.3. The number of benzene rings is 1. The normalized spacial score (nSPS) is 15.8.